The van der Waals surface area contributed by atoms with Gasteiger partial charge >= 0.3 is 25.9 Å². The third kappa shape index (κ3) is 19.7. The van der Waals surface area contributed by atoms with E-state index in [2.05, 4.69) is 50.9 Å². The number of hydrogen-bond acceptors (Lipinski definition) is 24. The number of nitrogens with one attached hydrogen (secondary N) is 3. The van der Waals surface area contributed by atoms with Gasteiger partial charge in [0.2, 0.25) is 17.5 Å². The summed E-state index contributed by atoms with van der Waals surface area (Å²) in [6.45, 7) is 8.73. The minimum Gasteiger partial charge on any atom is -0.448 e. The quantitative estimate of drug-likeness (QED) is 0.0500. The molecule has 0 radical (unpaired) electrons. The summed E-state index contributed by atoms with van der Waals surface area (Å²) >= 11 is 0. The lowest BCUT2D eigenvalue weighted by atomic mass is 10.1. The lowest BCUT2D eigenvalue weighted by Crippen LogP contribution is -2.39. The molecular formula is C65H63F3N11O16P. The number of carbonyl (C=O) groups is 6. The first-order valence-electron chi connectivity index (χ1n) is 29.9. The van der Waals surface area contributed by atoms with Gasteiger partial charge in [-0.15, -0.1) is 0 Å². The van der Waals surface area contributed by atoms with E-state index in [1.54, 1.807) is 86.6 Å². The van der Waals surface area contributed by atoms with Crippen LogP contribution in [-0.2, 0) is 32.6 Å². The van der Waals surface area contributed by atoms with Crippen LogP contribution in [0.15, 0.2) is 159 Å². The van der Waals surface area contributed by atoms with Gasteiger partial charge in [-0.25, -0.2) is 27.6 Å². The average molecular weight is 1340 g/mol. The molecule has 27 nitrogen and oxygen atoms in total. The number of likely N-dealkylation sites (tertiary alicyclic amines) is 1. The number of nitrogens with zero attached hydrogens (tertiary/aromatic N) is 8. The van der Waals surface area contributed by atoms with Crippen LogP contribution >= 0.6 is 7.60 Å². The lowest BCUT2D eigenvalue weighted by molar-refractivity contribution is 0.0281. The molecule has 96 heavy (non-hydrogen) atoms. The summed E-state index contributed by atoms with van der Waals surface area (Å²) in [5.41, 5.74) is 2.42. The second kappa shape index (κ2) is 34.0. The standard InChI is InChI=1S/C22H21FN4O5.C22H21FN4O4.C21H21FN3O7P/c23-18-7-2-1-6-17(18)21-24-19(26-32-21)15-4-3-5-16(14-15)20(28)25-22(29)31-13-10-27-8-11-30-12-9-27;1-27-11-9-16(10-12-27)30-22(29)25-20(28)15-6-4-5-14(13-15)19-24-21(31-26-19)17-7-2-3-8-18(17)23;1-3-30-33(28,31-4-2)13-29-21(27)24-19(26)15-9-7-8-14(12-15)18-23-20(32-25-18)16-10-5-6-11-17(16)22/h1-7,14H,8-13H2,(H,25,28,29);2-8,13,16H,9-12H2,1H3,(H,25,28,29);5-12H,3-4,13H2,1-2H3,(H,24,26,27). The molecule has 2 saturated heterocycles. The number of piperidine rings is 1. The molecule has 6 aromatic carbocycles. The van der Waals surface area contributed by atoms with Gasteiger partial charge in [0.1, 0.15) is 30.2 Å². The topological polar surface area (TPSA) is 334 Å². The maximum absolute atomic E-state index is 13.9. The van der Waals surface area contributed by atoms with Crippen LogP contribution in [0.1, 0.15) is 57.8 Å². The summed E-state index contributed by atoms with van der Waals surface area (Å²) in [7, 11) is -1.60. The SMILES string of the molecule is CCOP(=O)(COC(=O)NC(=O)c1cccc(-c2noc(-c3ccccc3F)n2)c1)OCC.CN1CCC(OC(=O)NC(=O)c2cccc(-c3noc(-c4ccccc4F)n3)c2)CC1.O=C(NC(=O)c1cccc(-c2noc(-c3ccccc3F)n2)c1)OCCN1CCOCC1. The van der Waals surface area contributed by atoms with Crippen molar-refractivity contribution in [2.75, 3.05) is 79.2 Å². The Morgan fingerprint density at radius 1 is 0.521 bits per heavy atom. The van der Waals surface area contributed by atoms with Crippen molar-refractivity contribution in [3.63, 3.8) is 0 Å². The van der Waals surface area contributed by atoms with Crippen molar-refractivity contribution in [2.45, 2.75) is 32.8 Å². The number of ether oxygens (including phenoxy) is 4. The largest absolute Gasteiger partial charge is 0.448 e. The van der Waals surface area contributed by atoms with E-state index < -0.39 is 67.4 Å². The maximum Gasteiger partial charge on any atom is 0.414 e. The van der Waals surface area contributed by atoms with Crippen molar-refractivity contribution in [1.29, 1.82) is 0 Å². The molecule has 0 aliphatic carbocycles. The Morgan fingerprint density at radius 3 is 1.30 bits per heavy atom. The molecule has 2 aliphatic heterocycles. The highest BCUT2D eigenvalue weighted by Gasteiger charge is 2.28. The van der Waals surface area contributed by atoms with Gasteiger partial charge in [-0.05, 0) is 107 Å². The fraction of sp³-hybridized carbons (Fsp3) is 0.262. The summed E-state index contributed by atoms with van der Waals surface area (Å²) in [4.78, 5) is 90.2. The van der Waals surface area contributed by atoms with Gasteiger partial charge in [0.05, 0.1) is 43.1 Å². The highest BCUT2D eigenvalue weighted by molar-refractivity contribution is 7.53. The van der Waals surface area contributed by atoms with E-state index in [1.165, 1.54) is 72.8 Å². The molecule has 0 atom stereocenters. The fourth-order valence-electron chi connectivity index (χ4n) is 9.24. The van der Waals surface area contributed by atoms with E-state index in [4.69, 9.17) is 41.6 Å². The Bertz CT molecular complexity index is 4210. The van der Waals surface area contributed by atoms with Crippen molar-refractivity contribution in [2.24, 2.45) is 0 Å². The van der Waals surface area contributed by atoms with Crippen LogP contribution in [0.3, 0.4) is 0 Å². The third-order valence-corrected chi connectivity index (χ3v) is 15.8. The molecule has 500 valence electrons. The van der Waals surface area contributed by atoms with E-state index in [0.717, 1.165) is 39.0 Å². The predicted molar refractivity (Wildman–Crippen MR) is 336 cm³/mol. The van der Waals surface area contributed by atoms with Crippen LogP contribution in [0.25, 0.3) is 68.5 Å². The molecule has 9 aromatic rings. The minimum absolute atomic E-state index is 0.0189. The number of halogens is 3. The number of alkyl carbamates (subject to hydrolysis) is 3. The molecule has 3 aromatic heterocycles. The summed E-state index contributed by atoms with van der Waals surface area (Å²) in [5.74, 6) is -2.93. The van der Waals surface area contributed by atoms with E-state index in [0.29, 0.717) is 36.4 Å². The van der Waals surface area contributed by atoms with Crippen LogP contribution < -0.4 is 16.0 Å². The highest BCUT2D eigenvalue weighted by Crippen LogP contribution is 2.48. The number of morpholine rings is 1. The second-order valence-corrected chi connectivity index (χ2v) is 22.8. The number of aromatic nitrogens is 6. The van der Waals surface area contributed by atoms with Crippen molar-refractivity contribution in [3.8, 4) is 68.5 Å². The van der Waals surface area contributed by atoms with Crippen LogP contribution in [0, 0.1) is 17.5 Å². The molecule has 0 bridgehead atoms. The molecule has 31 heteroatoms. The predicted octanol–water partition coefficient (Wildman–Crippen LogP) is 10.9. The number of imide groups is 3. The van der Waals surface area contributed by atoms with Gasteiger partial charge < -0.3 is 46.5 Å². The molecule has 2 fully saturated rings. The number of amides is 6. The number of hydrogen-bond donors (Lipinski definition) is 3. The van der Waals surface area contributed by atoms with E-state index >= 15 is 0 Å². The smallest absolute Gasteiger partial charge is 0.414 e. The number of carbonyl (C=O) groups excluding carboxylic acids is 6. The first-order chi connectivity index (χ1) is 46.4. The highest BCUT2D eigenvalue weighted by atomic mass is 31.2. The first kappa shape index (κ1) is 69.7. The minimum atomic E-state index is -3.61. The third-order valence-electron chi connectivity index (χ3n) is 14.1. The summed E-state index contributed by atoms with van der Waals surface area (Å²) in [6, 6.07) is 36.8. The molecule has 0 spiro atoms. The Kier molecular flexibility index (Phi) is 24.7. The van der Waals surface area contributed by atoms with Crippen LogP contribution in [0.5, 0.6) is 0 Å². The zero-order valence-corrected chi connectivity index (χ0v) is 52.7. The molecule has 0 saturated carbocycles. The maximum atomic E-state index is 13.9. The second-order valence-electron chi connectivity index (χ2n) is 20.8. The summed E-state index contributed by atoms with van der Waals surface area (Å²) < 4.78 is 100. The molecule has 5 heterocycles. The van der Waals surface area contributed by atoms with E-state index in [9.17, 15) is 46.5 Å². The van der Waals surface area contributed by atoms with Crippen molar-refractivity contribution < 1.29 is 88.1 Å². The van der Waals surface area contributed by atoms with Gasteiger partial charge in [0.15, 0.2) is 6.35 Å². The molecular weight excluding hydrogens is 1280 g/mol. The van der Waals surface area contributed by atoms with Crippen LogP contribution in [0.4, 0.5) is 27.6 Å². The van der Waals surface area contributed by atoms with Gasteiger partial charge in [-0.1, -0.05) is 88.3 Å². The lowest BCUT2D eigenvalue weighted by Gasteiger charge is -2.28. The molecule has 0 unspecified atom stereocenters. The Balaban J connectivity index is 0.000000169. The Morgan fingerprint density at radius 2 is 0.906 bits per heavy atom. The zero-order chi connectivity index (χ0) is 68.0. The molecule has 2 aliphatic rings. The fourth-order valence-corrected chi connectivity index (χ4v) is 10.5. The molecule has 3 N–H and O–H groups in total. The van der Waals surface area contributed by atoms with Crippen molar-refractivity contribution >= 4 is 43.6 Å². The van der Waals surface area contributed by atoms with Crippen molar-refractivity contribution in [1.82, 2.24) is 56.2 Å². The van der Waals surface area contributed by atoms with Crippen LogP contribution in [0.2, 0.25) is 0 Å². The van der Waals surface area contributed by atoms with Gasteiger partial charge in [-0.3, -0.25) is 39.8 Å². The molecule has 11 rings (SSSR count). The average Bonchev–Trinajstić information content (AvgIpc) is 1.72. The first-order valence-corrected chi connectivity index (χ1v) is 31.6. The van der Waals surface area contributed by atoms with Gasteiger partial charge in [0.25, 0.3) is 35.4 Å². The number of rotatable bonds is 19. The summed E-state index contributed by atoms with van der Waals surface area (Å²) in [5, 5.41) is 18.0. The van der Waals surface area contributed by atoms with E-state index in [-0.39, 0.29) is 94.5 Å². The van der Waals surface area contributed by atoms with Crippen molar-refractivity contribution in [3.05, 3.63) is 180 Å². The number of benzene rings is 6. The normalized spacial score (nSPS) is 13.4. The zero-order valence-electron chi connectivity index (χ0n) is 51.8. The molecule has 6 amide bonds. The van der Waals surface area contributed by atoms with Gasteiger partial charge in [-0.2, -0.15) is 15.0 Å². The summed E-state index contributed by atoms with van der Waals surface area (Å²) in [6.07, 6.45) is -2.10. The van der Waals surface area contributed by atoms with Crippen LogP contribution in [-0.4, -0.2) is 161 Å². The Hall–Kier alpha value is -10.6. The monoisotopic (exact) mass is 1340 g/mol. The van der Waals surface area contributed by atoms with Gasteiger partial charge in [0, 0.05) is 66.1 Å². The Labute approximate surface area is 546 Å². The van der Waals surface area contributed by atoms with E-state index in [1.807, 2.05) is 12.4 Å².